The molecule has 0 fully saturated rings. The normalized spacial score (nSPS) is 11.6. The summed E-state index contributed by atoms with van der Waals surface area (Å²) in [6.07, 6.45) is -2.89. The van der Waals surface area contributed by atoms with E-state index >= 15 is 0 Å². The summed E-state index contributed by atoms with van der Waals surface area (Å²) in [5.41, 5.74) is 2.10. The summed E-state index contributed by atoms with van der Waals surface area (Å²) >= 11 is 5.63. The van der Waals surface area contributed by atoms with Crippen LogP contribution >= 0.6 is 11.6 Å². The maximum absolute atomic E-state index is 11.8. The van der Waals surface area contributed by atoms with Crippen LogP contribution in [-0.4, -0.2) is 31.8 Å². The van der Waals surface area contributed by atoms with Crippen LogP contribution in [0.4, 0.5) is 18.9 Å². The minimum atomic E-state index is -4.24. The number of nitrogens with one attached hydrogen (secondary N) is 1. The summed E-state index contributed by atoms with van der Waals surface area (Å²) in [4.78, 5) is 0. The molecule has 1 rings (SSSR count). The maximum Gasteiger partial charge on any atom is 0.411 e. The van der Waals surface area contributed by atoms with Crippen LogP contribution in [0.3, 0.4) is 0 Å². The smallest absolute Gasteiger partial charge is 0.385 e. The Labute approximate surface area is 115 Å². The zero-order chi connectivity index (χ0) is 14.1. The molecule has 1 aromatic carbocycles. The van der Waals surface area contributed by atoms with Crippen molar-refractivity contribution in [2.24, 2.45) is 0 Å². The molecular weight excluding hydrogens is 279 g/mol. The van der Waals surface area contributed by atoms with Crippen LogP contribution < -0.4 is 5.32 Å². The molecule has 0 saturated carbocycles. The number of rotatable bonds is 8. The number of benzene rings is 1. The fraction of sp³-hybridized carbons (Fsp3) is 0.538. The Morgan fingerprint density at radius 1 is 1.16 bits per heavy atom. The van der Waals surface area contributed by atoms with E-state index in [9.17, 15) is 13.2 Å². The van der Waals surface area contributed by atoms with Crippen molar-refractivity contribution in [1.82, 2.24) is 0 Å². The van der Waals surface area contributed by atoms with E-state index < -0.39 is 12.8 Å². The molecule has 2 nitrogen and oxygen atoms in total. The summed E-state index contributed by atoms with van der Waals surface area (Å²) in [6, 6.07) is 7.81. The van der Waals surface area contributed by atoms with Crippen molar-refractivity contribution >= 4 is 17.3 Å². The number of anilines is 1. The van der Waals surface area contributed by atoms with Crippen molar-refractivity contribution in [2.45, 2.75) is 19.0 Å². The summed E-state index contributed by atoms with van der Waals surface area (Å²) in [5, 5.41) is 3.12. The monoisotopic (exact) mass is 295 g/mol. The quantitative estimate of drug-likeness (QED) is 0.581. The lowest BCUT2D eigenvalue weighted by molar-refractivity contribution is -0.173. The first-order valence-electron chi connectivity index (χ1n) is 6.04. The second-order valence-electron chi connectivity index (χ2n) is 4.08. The molecule has 0 heterocycles. The van der Waals surface area contributed by atoms with Crippen LogP contribution in [0.1, 0.15) is 12.0 Å². The van der Waals surface area contributed by atoms with E-state index in [1.807, 2.05) is 24.3 Å². The Morgan fingerprint density at radius 3 is 2.42 bits per heavy atom. The molecule has 0 aliphatic rings. The van der Waals surface area contributed by atoms with Gasteiger partial charge in [-0.2, -0.15) is 13.2 Å². The van der Waals surface area contributed by atoms with E-state index in [2.05, 4.69) is 10.1 Å². The first-order valence-corrected chi connectivity index (χ1v) is 6.58. The van der Waals surface area contributed by atoms with E-state index in [0.29, 0.717) is 18.8 Å². The Hall–Kier alpha value is -0.940. The van der Waals surface area contributed by atoms with Gasteiger partial charge in [0.2, 0.25) is 0 Å². The third-order valence-corrected chi connectivity index (χ3v) is 2.59. The van der Waals surface area contributed by atoms with Gasteiger partial charge in [-0.3, -0.25) is 0 Å². The molecule has 1 N–H and O–H groups in total. The van der Waals surface area contributed by atoms with Gasteiger partial charge in [-0.05, 0) is 30.5 Å². The van der Waals surface area contributed by atoms with Gasteiger partial charge < -0.3 is 10.1 Å². The van der Waals surface area contributed by atoms with Gasteiger partial charge in [-0.25, -0.2) is 0 Å². The van der Waals surface area contributed by atoms with Gasteiger partial charge in [0.1, 0.15) is 6.61 Å². The van der Waals surface area contributed by atoms with E-state index in [4.69, 9.17) is 11.6 Å². The highest BCUT2D eigenvalue weighted by Crippen LogP contribution is 2.14. The third-order valence-electron chi connectivity index (χ3n) is 2.40. The zero-order valence-electron chi connectivity index (χ0n) is 10.5. The SMILES string of the molecule is FC(F)(F)COCCCNc1ccc(CCCl)cc1. The van der Waals surface area contributed by atoms with Crippen molar-refractivity contribution in [3.8, 4) is 0 Å². The summed E-state index contributed by atoms with van der Waals surface area (Å²) < 4.78 is 39.8. The van der Waals surface area contributed by atoms with Gasteiger partial charge in [0.05, 0.1) is 0 Å². The Kier molecular flexibility index (Phi) is 7.02. The molecule has 0 amide bonds. The molecule has 0 aromatic heterocycles. The molecule has 0 aliphatic heterocycles. The molecule has 0 spiro atoms. The minimum Gasteiger partial charge on any atom is -0.385 e. The largest absolute Gasteiger partial charge is 0.411 e. The lowest BCUT2D eigenvalue weighted by atomic mass is 10.1. The first kappa shape index (κ1) is 16.1. The highest BCUT2D eigenvalue weighted by Gasteiger charge is 2.27. The van der Waals surface area contributed by atoms with Gasteiger partial charge >= 0.3 is 6.18 Å². The minimum absolute atomic E-state index is 0.0941. The van der Waals surface area contributed by atoms with Gasteiger partial charge in [0.25, 0.3) is 0 Å². The lowest BCUT2D eigenvalue weighted by Crippen LogP contribution is -2.18. The number of ether oxygens (including phenoxy) is 1. The van der Waals surface area contributed by atoms with Crippen LogP contribution in [0.25, 0.3) is 0 Å². The summed E-state index contributed by atoms with van der Waals surface area (Å²) in [5.74, 6) is 0.587. The van der Waals surface area contributed by atoms with E-state index in [-0.39, 0.29) is 6.61 Å². The topological polar surface area (TPSA) is 21.3 Å². The summed E-state index contributed by atoms with van der Waals surface area (Å²) in [6.45, 7) is -0.510. The Morgan fingerprint density at radius 2 is 1.84 bits per heavy atom. The van der Waals surface area contributed by atoms with Crippen molar-refractivity contribution < 1.29 is 17.9 Å². The van der Waals surface area contributed by atoms with Crippen LogP contribution in [0.15, 0.2) is 24.3 Å². The number of aryl methyl sites for hydroxylation is 1. The predicted octanol–water partition coefficient (Wildman–Crippen LogP) is 3.85. The number of hydrogen-bond donors (Lipinski definition) is 1. The Balaban J connectivity index is 2.12. The molecule has 1 aromatic rings. The van der Waals surface area contributed by atoms with Crippen LogP contribution in [0.2, 0.25) is 0 Å². The molecule has 0 saturated heterocycles. The molecule has 0 radical (unpaired) electrons. The van der Waals surface area contributed by atoms with Crippen LogP contribution in [0.5, 0.6) is 0 Å². The van der Waals surface area contributed by atoms with Crippen molar-refractivity contribution in [2.75, 3.05) is 31.0 Å². The highest BCUT2D eigenvalue weighted by molar-refractivity contribution is 6.17. The molecule has 0 aliphatic carbocycles. The van der Waals surface area contributed by atoms with Gasteiger partial charge in [-0.15, -0.1) is 11.6 Å². The number of hydrogen-bond acceptors (Lipinski definition) is 2. The second kappa shape index (κ2) is 8.27. The fourth-order valence-electron chi connectivity index (χ4n) is 1.49. The molecular formula is C13H17ClF3NO. The molecule has 6 heteroatoms. The fourth-order valence-corrected chi connectivity index (χ4v) is 1.71. The molecule has 108 valence electrons. The molecule has 0 unspecified atom stereocenters. The Bertz CT molecular complexity index is 354. The van der Waals surface area contributed by atoms with Gasteiger partial charge in [0.15, 0.2) is 0 Å². The molecule has 19 heavy (non-hydrogen) atoms. The predicted molar refractivity (Wildman–Crippen MR) is 70.8 cm³/mol. The number of alkyl halides is 4. The lowest BCUT2D eigenvalue weighted by Gasteiger charge is -2.09. The average molecular weight is 296 g/mol. The van der Waals surface area contributed by atoms with Gasteiger partial charge in [-0.1, -0.05) is 12.1 Å². The molecule has 0 atom stereocenters. The third kappa shape index (κ3) is 7.95. The van der Waals surface area contributed by atoms with Crippen LogP contribution in [0, 0.1) is 0 Å². The standard InChI is InChI=1S/C13H17ClF3NO/c14-7-6-11-2-4-12(5-3-11)18-8-1-9-19-10-13(15,16)17/h2-5,18H,1,6-10H2. The van der Waals surface area contributed by atoms with Crippen LogP contribution in [-0.2, 0) is 11.2 Å². The second-order valence-corrected chi connectivity index (χ2v) is 4.46. The van der Waals surface area contributed by atoms with Crippen molar-refractivity contribution in [3.05, 3.63) is 29.8 Å². The van der Waals surface area contributed by atoms with Crippen molar-refractivity contribution in [3.63, 3.8) is 0 Å². The summed E-state index contributed by atoms with van der Waals surface area (Å²) in [7, 11) is 0. The van der Waals surface area contributed by atoms with E-state index in [0.717, 1.165) is 17.7 Å². The zero-order valence-corrected chi connectivity index (χ0v) is 11.2. The van der Waals surface area contributed by atoms with E-state index in [1.54, 1.807) is 0 Å². The van der Waals surface area contributed by atoms with E-state index in [1.165, 1.54) is 0 Å². The van der Waals surface area contributed by atoms with Crippen molar-refractivity contribution in [1.29, 1.82) is 0 Å². The first-order chi connectivity index (χ1) is 9.01. The highest BCUT2D eigenvalue weighted by atomic mass is 35.5. The maximum atomic E-state index is 11.8. The van der Waals surface area contributed by atoms with Gasteiger partial charge in [0, 0.05) is 24.7 Å². The molecule has 0 bridgehead atoms. The number of halogens is 4. The average Bonchev–Trinajstić information content (AvgIpc) is 2.35.